The Labute approximate surface area is 99.9 Å². The molecule has 0 spiro atoms. The van der Waals surface area contributed by atoms with E-state index in [1.165, 1.54) is 6.20 Å². The number of nitrogens with zero attached hydrogens (tertiary/aromatic N) is 1. The van der Waals surface area contributed by atoms with Crippen molar-refractivity contribution in [3.8, 4) is 0 Å². The topological polar surface area (TPSA) is 94.0 Å². The Hall–Kier alpha value is -1.66. The van der Waals surface area contributed by atoms with Crippen LogP contribution in [-0.4, -0.2) is 10.9 Å². The van der Waals surface area contributed by atoms with Crippen molar-refractivity contribution in [1.29, 1.82) is 0 Å². The summed E-state index contributed by atoms with van der Waals surface area (Å²) in [5.74, 6) is 4.60. The van der Waals surface area contributed by atoms with Crippen LogP contribution in [0, 0.1) is 0 Å². The van der Waals surface area contributed by atoms with Crippen LogP contribution in [0.2, 0.25) is 0 Å². The van der Waals surface area contributed by atoms with Crippen LogP contribution in [0.3, 0.4) is 0 Å². The van der Waals surface area contributed by atoms with Crippen molar-refractivity contribution in [3.63, 3.8) is 0 Å². The molecule has 0 unspecified atom stereocenters. The summed E-state index contributed by atoms with van der Waals surface area (Å²) in [5, 5.41) is 0.726. The highest BCUT2D eigenvalue weighted by atomic mass is 79.9. The lowest BCUT2D eigenvalue weighted by molar-refractivity contribution is 0.0954. The molecule has 0 saturated carbocycles. The predicted octanol–water partition coefficient (Wildman–Crippen LogP) is 1.18. The molecule has 1 aromatic carbocycles. The van der Waals surface area contributed by atoms with Gasteiger partial charge >= 0.3 is 0 Å². The fourth-order valence-electron chi connectivity index (χ4n) is 1.45. The summed E-state index contributed by atoms with van der Waals surface area (Å²) < 4.78 is 0.905. The van der Waals surface area contributed by atoms with E-state index in [1.807, 2.05) is 17.6 Å². The van der Waals surface area contributed by atoms with Gasteiger partial charge in [-0.05, 0) is 18.2 Å². The Balaban J connectivity index is 2.70. The van der Waals surface area contributed by atoms with Gasteiger partial charge in [0.05, 0.1) is 16.8 Å². The zero-order valence-electron chi connectivity index (χ0n) is 8.20. The third-order valence-corrected chi connectivity index (χ3v) is 2.74. The molecule has 1 aromatic heterocycles. The van der Waals surface area contributed by atoms with E-state index in [0.29, 0.717) is 5.69 Å². The highest BCUT2D eigenvalue weighted by Crippen LogP contribution is 2.25. The van der Waals surface area contributed by atoms with E-state index in [9.17, 15) is 4.79 Å². The number of fused-ring (bicyclic) bond motifs is 1. The van der Waals surface area contributed by atoms with Gasteiger partial charge in [0.2, 0.25) is 0 Å². The van der Waals surface area contributed by atoms with E-state index in [-0.39, 0.29) is 5.56 Å². The largest absolute Gasteiger partial charge is 0.397 e. The number of hydrogen-bond donors (Lipinski definition) is 3. The van der Waals surface area contributed by atoms with Gasteiger partial charge in [0, 0.05) is 16.1 Å². The van der Waals surface area contributed by atoms with E-state index in [1.54, 1.807) is 6.07 Å². The molecule has 6 heteroatoms. The second-order valence-corrected chi connectivity index (χ2v) is 4.14. The fourth-order valence-corrected chi connectivity index (χ4v) is 1.80. The minimum atomic E-state index is -0.449. The lowest BCUT2D eigenvalue weighted by Crippen LogP contribution is -2.30. The van der Waals surface area contributed by atoms with Crippen LogP contribution in [0.1, 0.15) is 10.4 Å². The first kappa shape index (κ1) is 10.8. The molecule has 0 radical (unpaired) electrons. The number of rotatable bonds is 1. The number of hydrazine groups is 1. The average molecular weight is 281 g/mol. The molecule has 2 rings (SSSR count). The van der Waals surface area contributed by atoms with Crippen LogP contribution in [0.25, 0.3) is 10.9 Å². The first-order valence-corrected chi connectivity index (χ1v) is 5.27. The van der Waals surface area contributed by atoms with Crippen molar-refractivity contribution < 1.29 is 4.79 Å². The SMILES string of the molecule is NNC(=O)c1cnc2cc(Br)ccc2c1N. The molecular weight excluding hydrogens is 272 g/mol. The lowest BCUT2D eigenvalue weighted by Gasteiger charge is -2.07. The Morgan fingerprint density at radius 2 is 2.19 bits per heavy atom. The Kier molecular flexibility index (Phi) is 2.76. The van der Waals surface area contributed by atoms with Crippen molar-refractivity contribution in [1.82, 2.24) is 10.4 Å². The van der Waals surface area contributed by atoms with Crippen molar-refractivity contribution in [2.45, 2.75) is 0 Å². The van der Waals surface area contributed by atoms with Crippen molar-refractivity contribution in [3.05, 3.63) is 34.4 Å². The molecule has 5 nitrogen and oxygen atoms in total. The van der Waals surface area contributed by atoms with Crippen molar-refractivity contribution in [2.75, 3.05) is 5.73 Å². The van der Waals surface area contributed by atoms with Crippen LogP contribution < -0.4 is 17.0 Å². The fraction of sp³-hybridized carbons (Fsp3) is 0. The second kappa shape index (κ2) is 4.07. The van der Waals surface area contributed by atoms with Gasteiger partial charge in [-0.15, -0.1) is 0 Å². The number of nitrogens with one attached hydrogen (secondary N) is 1. The van der Waals surface area contributed by atoms with Gasteiger partial charge in [-0.2, -0.15) is 0 Å². The van der Waals surface area contributed by atoms with Crippen molar-refractivity contribution >= 4 is 38.4 Å². The minimum absolute atomic E-state index is 0.275. The summed E-state index contributed by atoms with van der Waals surface area (Å²) in [6.45, 7) is 0. The number of aromatic nitrogens is 1. The van der Waals surface area contributed by atoms with Gasteiger partial charge in [0.15, 0.2) is 0 Å². The van der Waals surface area contributed by atoms with Gasteiger partial charge in [0.1, 0.15) is 0 Å². The number of pyridine rings is 1. The summed E-state index contributed by atoms with van der Waals surface area (Å²) >= 11 is 3.34. The average Bonchev–Trinajstić information content (AvgIpc) is 2.28. The van der Waals surface area contributed by atoms with E-state index in [2.05, 4.69) is 20.9 Å². The maximum atomic E-state index is 11.4. The first-order chi connectivity index (χ1) is 7.63. The molecule has 0 atom stereocenters. The third-order valence-electron chi connectivity index (χ3n) is 2.25. The van der Waals surface area contributed by atoms with E-state index in [4.69, 9.17) is 11.6 Å². The molecule has 1 amide bonds. The summed E-state index contributed by atoms with van der Waals surface area (Å²) in [5.41, 5.74) is 9.28. The van der Waals surface area contributed by atoms with Gasteiger partial charge in [-0.3, -0.25) is 15.2 Å². The summed E-state index contributed by atoms with van der Waals surface area (Å²) in [4.78, 5) is 15.5. The molecule has 1 heterocycles. The molecule has 16 heavy (non-hydrogen) atoms. The Morgan fingerprint density at radius 1 is 1.44 bits per heavy atom. The second-order valence-electron chi connectivity index (χ2n) is 3.22. The highest BCUT2D eigenvalue weighted by molar-refractivity contribution is 9.10. The molecule has 0 aliphatic heterocycles. The van der Waals surface area contributed by atoms with Crippen LogP contribution >= 0.6 is 15.9 Å². The van der Waals surface area contributed by atoms with Gasteiger partial charge in [0.25, 0.3) is 5.91 Å². The quantitative estimate of drug-likeness (QED) is 0.415. The van der Waals surface area contributed by atoms with E-state index >= 15 is 0 Å². The molecule has 0 aliphatic carbocycles. The zero-order valence-corrected chi connectivity index (χ0v) is 9.78. The van der Waals surface area contributed by atoms with Crippen LogP contribution in [0.5, 0.6) is 0 Å². The smallest absolute Gasteiger partial charge is 0.268 e. The maximum Gasteiger partial charge on any atom is 0.268 e. The van der Waals surface area contributed by atoms with Crippen LogP contribution in [0.15, 0.2) is 28.9 Å². The molecular formula is C10H9BrN4O. The standard InChI is InChI=1S/C10H9BrN4O/c11-5-1-2-6-8(3-5)14-4-7(9(6)12)10(16)15-13/h1-4H,13H2,(H2,12,14)(H,15,16). The number of hydrogen-bond acceptors (Lipinski definition) is 4. The molecule has 5 N–H and O–H groups in total. The first-order valence-electron chi connectivity index (χ1n) is 4.48. The van der Waals surface area contributed by atoms with E-state index < -0.39 is 5.91 Å². The molecule has 0 aliphatic rings. The predicted molar refractivity (Wildman–Crippen MR) is 65.5 cm³/mol. The molecule has 0 saturated heterocycles. The Morgan fingerprint density at radius 3 is 2.88 bits per heavy atom. The molecule has 0 fully saturated rings. The zero-order chi connectivity index (χ0) is 11.7. The third kappa shape index (κ3) is 1.72. The minimum Gasteiger partial charge on any atom is -0.397 e. The number of carbonyl (C=O) groups excluding carboxylic acids is 1. The molecule has 2 aromatic rings. The van der Waals surface area contributed by atoms with Gasteiger partial charge in [-0.1, -0.05) is 15.9 Å². The summed E-state index contributed by atoms with van der Waals surface area (Å²) in [6.07, 6.45) is 1.41. The van der Waals surface area contributed by atoms with E-state index in [0.717, 1.165) is 15.4 Å². The summed E-state index contributed by atoms with van der Waals surface area (Å²) in [6, 6.07) is 5.47. The highest BCUT2D eigenvalue weighted by Gasteiger charge is 2.11. The number of anilines is 1. The van der Waals surface area contributed by atoms with Crippen LogP contribution in [0.4, 0.5) is 5.69 Å². The number of nitrogens with two attached hydrogens (primary N) is 2. The number of carbonyl (C=O) groups is 1. The van der Waals surface area contributed by atoms with Crippen LogP contribution in [-0.2, 0) is 0 Å². The number of halogens is 1. The number of benzene rings is 1. The number of amides is 1. The van der Waals surface area contributed by atoms with Crippen molar-refractivity contribution in [2.24, 2.45) is 5.84 Å². The maximum absolute atomic E-state index is 11.4. The lowest BCUT2D eigenvalue weighted by atomic mass is 10.1. The summed E-state index contributed by atoms with van der Waals surface area (Å²) in [7, 11) is 0. The molecule has 0 bridgehead atoms. The molecule has 82 valence electrons. The van der Waals surface area contributed by atoms with Gasteiger partial charge < -0.3 is 5.73 Å². The normalized spacial score (nSPS) is 10.4. The Bertz CT molecular complexity index is 570. The van der Waals surface area contributed by atoms with Gasteiger partial charge in [-0.25, -0.2) is 5.84 Å². The monoisotopic (exact) mass is 280 g/mol. The number of nitrogen functional groups attached to an aromatic ring is 2.